The number of morpholine rings is 1. The molecule has 1 amide bonds. The second kappa shape index (κ2) is 7.45. The Labute approximate surface area is 138 Å². The molecule has 6 heteroatoms. The first-order chi connectivity index (χ1) is 11.2. The molecule has 1 aromatic heterocycles. The molecule has 1 N–H and O–H groups in total. The molecule has 1 aromatic rings. The van der Waals surface area contributed by atoms with Crippen LogP contribution >= 0.6 is 0 Å². The van der Waals surface area contributed by atoms with Gasteiger partial charge in [-0.25, -0.2) is 0 Å². The maximum Gasteiger partial charge on any atom is 0.257 e. The summed E-state index contributed by atoms with van der Waals surface area (Å²) in [5, 5.41) is 6.95. The van der Waals surface area contributed by atoms with Crippen LogP contribution in [0.3, 0.4) is 0 Å². The van der Waals surface area contributed by atoms with Gasteiger partial charge in [0, 0.05) is 37.9 Å². The summed E-state index contributed by atoms with van der Waals surface area (Å²) in [6.45, 7) is 9.85. The van der Waals surface area contributed by atoms with Crippen LogP contribution in [0.25, 0.3) is 0 Å². The Kier molecular flexibility index (Phi) is 5.33. The average molecular weight is 320 g/mol. The number of hydrogen-bond acceptors (Lipinski definition) is 4. The summed E-state index contributed by atoms with van der Waals surface area (Å²) in [6, 6.07) is 0.580. The van der Waals surface area contributed by atoms with Gasteiger partial charge in [0.15, 0.2) is 0 Å². The minimum Gasteiger partial charge on any atom is -0.379 e. The van der Waals surface area contributed by atoms with E-state index >= 15 is 0 Å². The van der Waals surface area contributed by atoms with Crippen LogP contribution in [0.2, 0.25) is 0 Å². The van der Waals surface area contributed by atoms with E-state index in [1.165, 1.54) is 0 Å². The number of carbonyl (C=O) groups is 1. The van der Waals surface area contributed by atoms with Gasteiger partial charge in [-0.05, 0) is 32.1 Å². The van der Waals surface area contributed by atoms with E-state index in [1.807, 2.05) is 11.8 Å². The normalized spacial score (nSPS) is 22.3. The molecule has 0 aromatic carbocycles. The molecule has 2 aliphatic heterocycles. The molecule has 1 atom stereocenters. The topological polar surface area (TPSA) is 61.5 Å². The summed E-state index contributed by atoms with van der Waals surface area (Å²) in [5.74, 6) is 0.806. The maximum atomic E-state index is 12.7. The molecule has 128 valence electrons. The molecule has 0 saturated carbocycles. The van der Waals surface area contributed by atoms with E-state index in [4.69, 9.17) is 4.74 Å². The third-order valence-corrected chi connectivity index (χ3v) is 5.43. The molecule has 0 spiro atoms. The Morgan fingerprint density at radius 3 is 2.70 bits per heavy atom. The quantitative estimate of drug-likeness (QED) is 0.914. The third-order valence-electron chi connectivity index (χ3n) is 5.43. The van der Waals surface area contributed by atoms with Crippen molar-refractivity contribution in [2.75, 3.05) is 39.4 Å². The van der Waals surface area contributed by atoms with E-state index in [9.17, 15) is 4.79 Å². The summed E-state index contributed by atoms with van der Waals surface area (Å²) in [6.07, 6.45) is 4.66. The molecule has 3 rings (SSSR count). The predicted molar refractivity (Wildman–Crippen MR) is 88.4 cm³/mol. The van der Waals surface area contributed by atoms with Crippen molar-refractivity contribution in [3.63, 3.8) is 0 Å². The number of aromatic nitrogens is 2. The lowest BCUT2D eigenvalue weighted by Crippen LogP contribution is -2.49. The molecule has 3 heterocycles. The number of aromatic amines is 1. The van der Waals surface area contributed by atoms with Crippen LogP contribution in [0.15, 0.2) is 6.20 Å². The van der Waals surface area contributed by atoms with Gasteiger partial charge in [0.05, 0.1) is 25.0 Å². The first-order valence-electron chi connectivity index (χ1n) is 8.84. The van der Waals surface area contributed by atoms with Crippen molar-refractivity contribution in [1.29, 1.82) is 0 Å². The summed E-state index contributed by atoms with van der Waals surface area (Å²) in [5.41, 5.74) is 1.69. The minimum absolute atomic E-state index is 0.132. The molecule has 6 nitrogen and oxygen atoms in total. The number of carbonyl (C=O) groups excluding carboxylic acids is 1. The molecule has 2 fully saturated rings. The van der Waals surface area contributed by atoms with E-state index in [2.05, 4.69) is 22.0 Å². The Bertz CT molecular complexity index is 516. The van der Waals surface area contributed by atoms with Crippen LogP contribution in [0, 0.1) is 5.92 Å². The van der Waals surface area contributed by atoms with Crippen molar-refractivity contribution in [3.8, 4) is 0 Å². The fourth-order valence-corrected chi connectivity index (χ4v) is 3.80. The second-order valence-electron chi connectivity index (χ2n) is 6.63. The summed E-state index contributed by atoms with van der Waals surface area (Å²) in [7, 11) is 0. The van der Waals surface area contributed by atoms with E-state index in [-0.39, 0.29) is 5.91 Å². The molecule has 2 saturated heterocycles. The van der Waals surface area contributed by atoms with E-state index in [0.29, 0.717) is 12.0 Å². The predicted octanol–water partition coefficient (Wildman–Crippen LogP) is 1.54. The zero-order chi connectivity index (χ0) is 16.2. The molecule has 0 bridgehead atoms. The highest BCUT2D eigenvalue weighted by Gasteiger charge is 2.31. The highest BCUT2D eigenvalue weighted by molar-refractivity contribution is 5.95. The Hall–Kier alpha value is -1.40. The zero-order valence-corrected chi connectivity index (χ0v) is 14.3. The SMILES string of the molecule is CCc1[nH]ncc1C(=O)N1CCC([C@H](C)N2CCOCC2)CC1. The van der Waals surface area contributed by atoms with E-state index in [0.717, 1.165) is 69.9 Å². The van der Waals surface area contributed by atoms with Crippen LogP contribution in [-0.2, 0) is 11.2 Å². The fraction of sp³-hybridized carbons (Fsp3) is 0.765. The second-order valence-corrected chi connectivity index (χ2v) is 6.63. The summed E-state index contributed by atoms with van der Waals surface area (Å²) >= 11 is 0. The van der Waals surface area contributed by atoms with Crippen molar-refractivity contribution in [2.45, 2.75) is 39.2 Å². The van der Waals surface area contributed by atoms with Crippen LogP contribution in [0.4, 0.5) is 0 Å². The lowest BCUT2D eigenvalue weighted by molar-refractivity contribution is -0.000956. The number of piperidine rings is 1. The number of aryl methyl sites for hydroxylation is 1. The van der Waals surface area contributed by atoms with Crippen molar-refractivity contribution < 1.29 is 9.53 Å². The van der Waals surface area contributed by atoms with Crippen molar-refractivity contribution in [1.82, 2.24) is 20.0 Å². The molecule has 23 heavy (non-hydrogen) atoms. The van der Waals surface area contributed by atoms with Gasteiger partial charge in [-0.15, -0.1) is 0 Å². The van der Waals surface area contributed by atoms with Gasteiger partial charge in [-0.1, -0.05) is 6.92 Å². The molecule has 0 aliphatic carbocycles. The van der Waals surface area contributed by atoms with Crippen LogP contribution in [-0.4, -0.2) is 71.3 Å². The van der Waals surface area contributed by atoms with Gasteiger partial charge in [-0.2, -0.15) is 5.10 Å². The number of nitrogens with zero attached hydrogens (tertiary/aromatic N) is 3. The van der Waals surface area contributed by atoms with Gasteiger partial charge < -0.3 is 9.64 Å². The summed E-state index contributed by atoms with van der Waals surface area (Å²) in [4.78, 5) is 17.2. The monoisotopic (exact) mass is 320 g/mol. The van der Waals surface area contributed by atoms with Gasteiger partial charge in [0.25, 0.3) is 5.91 Å². The standard InChI is InChI=1S/C17H28N4O2/c1-3-16-15(12-18-19-16)17(22)21-6-4-14(5-7-21)13(2)20-8-10-23-11-9-20/h12-14H,3-11H2,1-2H3,(H,18,19)/t13-/m0/s1. The van der Waals surface area contributed by atoms with Crippen molar-refractivity contribution in [2.24, 2.45) is 5.92 Å². The number of nitrogens with one attached hydrogen (secondary N) is 1. The van der Waals surface area contributed by atoms with Gasteiger partial charge in [0.1, 0.15) is 0 Å². The Morgan fingerprint density at radius 1 is 1.35 bits per heavy atom. The maximum absolute atomic E-state index is 12.7. The number of amides is 1. The van der Waals surface area contributed by atoms with Gasteiger partial charge in [-0.3, -0.25) is 14.8 Å². The Morgan fingerprint density at radius 2 is 2.04 bits per heavy atom. The lowest BCUT2D eigenvalue weighted by Gasteiger charge is -2.41. The summed E-state index contributed by atoms with van der Waals surface area (Å²) < 4.78 is 5.45. The first-order valence-corrected chi connectivity index (χ1v) is 8.84. The molecule has 0 unspecified atom stereocenters. The highest BCUT2D eigenvalue weighted by Crippen LogP contribution is 2.25. The molecule has 0 radical (unpaired) electrons. The number of likely N-dealkylation sites (tertiary alicyclic amines) is 1. The Balaban J connectivity index is 1.54. The minimum atomic E-state index is 0.132. The first kappa shape index (κ1) is 16.5. The molecular weight excluding hydrogens is 292 g/mol. The van der Waals surface area contributed by atoms with E-state index in [1.54, 1.807) is 6.20 Å². The number of rotatable bonds is 4. The number of H-pyrrole nitrogens is 1. The zero-order valence-electron chi connectivity index (χ0n) is 14.3. The smallest absolute Gasteiger partial charge is 0.257 e. The van der Waals surface area contributed by atoms with Crippen LogP contribution in [0.1, 0.15) is 42.7 Å². The van der Waals surface area contributed by atoms with Crippen molar-refractivity contribution >= 4 is 5.91 Å². The lowest BCUT2D eigenvalue weighted by atomic mass is 9.89. The fourth-order valence-electron chi connectivity index (χ4n) is 3.80. The number of hydrogen-bond donors (Lipinski definition) is 1. The van der Waals surface area contributed by atoms with Crippen LogP contribution < -0.4 is 0 Å². The van der Waals surface area contributed by atoms with Gasteiger partial charge in [0.2, 0.25) is 0 Å². The third kappa shape index (κ3) is 3.58. The largest absolute Gasteiger partial charge is 0.379 e. The van der Waals surface area contributed by atoms with Crippen LogP contribution in [0.5, 0.6) is 0 Å². The van der Waals surface area contributed by atoms with E-state index < -0.39 is 0 Å². The number of ether oxygens (including phenoxy) is 1. The van der Waals surface area contributed by atoms with Gasteiger partial charge >= 0.3 is 0 Å². The van der Waals surface area contributed by atoms with Crippen molar-refractivity contribution in [3.05, 3.63) is 17.5 Å². The highest BCUT2D eigenvalue weighted by atomic mass is 16.5. The molecular formula is C17H28N4O2. The molecule has 2 aliphatic rings. The average Bonchev–Trinajstić information content (AvgIpc) is 3.10.